The predicted octanol–water partition coefficient (Wildman–Crippen LogP) is 4.79. The molecule has 0 aliphatic carbocycles. The Morgan fingerprint density at radius 1 is 0.958 bits per heavy atom. The van der Waals surface area contributed by atoms with E-state index in [9.17, 15) is 8.42 Å². The highest BCUT2D eigenvalue weighted by Crippen LogP contribution is 2.33. The summed E-state index contributed by atoms with van der Waals surface area (Å²) in [5.74, 6) is 0.0535. The fraction of sp³-hybridized carbons (Fsp3) is 0.368. The van der Waals surface area contributed by atoms with E-state index in [1.807, 2.05) is 54.6 Å². The van der Waals surface area contributed by atoms with Gasteiger partial charge < -0.3 is 0 Å². The van der Waals surface area contributed by atoms with Crippen LogP contribution in [0.1, 0.15) is 42.9 Å². The minimum absolute atomic E-state index is 0.0535. The van der Waals surface area contributed by atoms with E-state index >= 15 is 0 Å². The molecular weight excluding hydrogens is 342 g/mol. The van der Waals surface area contributed by atoms with Crippen molar-refractivity contribution in [3.63, 3.8) is 0 Å². The van der Waals surface area contributed by atoms with Crippen molar-refractivity contribution in [1.82, 2.24) is 4.31 Å². The lowest BCUT2D eigenvalue weighted by Gasteiger charge is -2.29. The molecule has 3 rings (SSSR count). The zero-order valence-electron chi connectivity index (χ0n) is 13.6. The Morgan fingerprint density at radius 2 is 1.67 bits per heavy atom. The summed E-state index contributed by atoms with van der Waals surface area (Å²) in [5.41, 5.74) is 1.86. The Balaban J connectivity index is 1.90. The van der Waals surface area contributed by atoms with Crippen LogP contribution in [0, 0.1) is 0 Å². The van der Waals surface area contributed by atoms with Crippen LogP contribution in [0.2, 0.25) is 5.02 Å². The number of nitrogens with zero attached hydrogens (tertiary/aromatic N) is 1. The Hall–Kier alpha value is -1.36. The van der Waals surface area contributed by atoms with Gasteiger partial charge in [0.15, 0.2) is 0 Å². The molecule has 2 aromatic carbocycles. The van der Waals surface area contributed by atoms with E-state index in [1.165, 1.54) is 0 Å². The van der Waals surface area contributed by atoms with Crippen LogP contribution < -0.4 is 0 Å². The van der Waals surface area contributed by atoms with Crippen LogP contribution in [0.15, 0.2) is 54.6 Å². The van der Waals surface area contributed by atoms with Gasteiger partial charge in [-0.15, -0.1) is 0 Å². The van der Waals surface area contributed by atoms with Crippen molar-refractivity contribution in [3.8, 4) is 0 Å². The lowest BCUT2D eigenvalue weighted by Crippen LogP contribution is -2.35. The standard InChI is InChI=1S/C19H22ClNO2S/c20-18-12-10-17(11-13-18)19-9-5-2-6-14-21(19)24(22,23)15-16-7-3-1-4-8-16/h1,3-4,7-8,10-13,19H,2,5-6,9,14-15H2/t19-/m0/s1. The smallest absolute Gasteiger partial charge is 0.212 e. The van der Waals surface area contributed by atoms with E-state index in [0.29, 0.717) is 11.6 Å². The molecule has 2 aromatic rings. The maximum absolute atomic E-state index is 13.1. The summed E-state index contributed by atoms with van der Waals surface area (Å²) in [5, 5.41) is 0.672. The Morgan fingerprint density at radius 3 is 2.38 bits per heavy atom. The first-order valence-corrected chi connectivity index (χ1v) is 10.3. The van der Waals surface area contributed by atoms with Crippen LogP contribution in [0.4, 0.5) is 0 Å². The number of sulfonamides is 1. The molecule has 1 aliphatic heterocycles. The summed E-state index contributed by atoms with van der Waals surface area (Å²) in [7, 11) is -3.37. The van der Waals surface area contributed by atoms with E-state index in [-0.39, 0.29) is 11.8 Å². The minimum atomic E-state index is -3.37. The molecule has 0 N–H and O–H groups in total. The van der Waals surface area contributed by atoms with Crippen molar-refractivity contribution < 1.29 is 8.42 Å². The van der Waals surface area contributed by atoms with Gasteiger partial charge in [0, 0.05) is 17.6 Å². The molecule has 24 heavy (non-hydrogen) atoms. The molecule has 0 amide bonds. The first kappa shape index (κ1) is 17.5. The van der Waals surface area contributed by atoms with Gasteiger partial charge >= 0.3 is 0 Å². The van der Waals surface area contributed by atoms with Gasteiger partial charge in [0.25, 0.3) is 0 Å². The molecule has 1 saturated heterocycles. The monoisotopic (exact) mass is 363 g/mol. The van der Waals surface area contributed by atoms with Crippen LogP contribution in [0.25, 0.3) is 0 Å². The van der Waals surface area contributed by atoms with E-state index in [0.717, 1.165) is 36.8 Å². The van der Waals surface area contributed by atoms with Crippen LogP contribution >= 0.6 is 11.6 Å². The van der Waals surface area contributed by atoms with Crippen molar-refractivity contribution in [2.75, 3.05) is 6.54 Å². The Bertz CT molecular complexity index is 760. The molecule has 1 heterocycles. The first-order valence-electron chi connectivity index (χ1n) is 8.35. The zero-order valence-corrected chi connectivity index (χ0v) is 15.1. The molecule has 0 aromatic heterocycles. The van der Waals surface area contributed by atoms with Gasteiger partial charge in [-0.05, 0) is 36.1 Å². The van der Waals surface area contributed by atoms with Gasteiger partial charge in [-0.25, -0.2) is 8.42 Å². The fourth-order valence-electron chi connectivity index (χ4n) is 3.30. The molecule has 5 heteroatoms. The van der Waals surface area contributed by atoms with Crippen LogP contribution in [0.5, 0.6) is 0 Å². The zero-order chi connectivity index (χ0) is 17.0. The minimum Gasteiger partial charge on any atom is -0.212 e. The summed E-state index contributed by atoms with van der Waals surface area (Å²) in [6.07, 6.45) is 3.89. The molecule has 3 nitrogen and oxygen atoms in total. The van der Waals surface area contributed by atoms with Crippen molar-refractivity contribution in [2.24, 2.45) is 0 Å². The number of hydrogen-bond donors (Lipinski definition) is 0. The normalized spacial score (nSPS) is 19.8. The quantitative estimate of drug-likeness (QED) is 0.783. The second kappa shape index (κ2) is 7.68. The van der Waals surface area contributed by atoms with Gasteiger partial charge in [0.2, 0.25) is 10.0 Å². The molecule has 0 spiro atoms. The third kappa shape index (κ3) is 4.18. The van der Waals surface area contributed by atoms with E-state index in [2.05, 4.69) is 0 Å². The Kier molecular flexibility index (Phi) is 5.59. The highest BCUT2D eigenvalue weighted by atomic mass is 35.5. The summed E-state index contributed by atoms with van der Waals surface area (Å²) in [4.78, 5) is 0. The fourth-order valence-corrected chi connectivity index (χ4v) is 5.23. The molecule has 1 aliphatic rings. The van der Waals surface area contributed by atoms with Crippen molar-refractivity contribution in [1.29, 1.82) is 0 Å². The topological polar surface area (TPSA) is 37.4 Å². The third-order valence-electron chi connectivity index (χ3n) is 4.51. The van der Waals surface area contributed by atoms with E-state index < -0.39 is 10.0 Å². The highest BCUT2D eigenvalue weighted by Gasteiger charge is 2.32. The van der Waals surface area contributed by atoms with Crippen LogP contribution in [0.3, 0.4) is 0 Å². The Labute approximate surface area is 149 Å². The molecule has 1 atom stereocenters. The highest BCUT2D eigenvalue weighted by molar-refractivity contribution is 7.88. The lowest BCUT2D eigenvalue weighted by atomic mass is 10.0. The van der Waals surface area contributed by atoms with E-state index in [1.54, 1.807) is 4.31 Å². The summed E-state index contributed by atoms with van der Waals surface area (Å²) in [6, 6.07) is 16.9. The number of benzene rings is 2. The van der Waals surface area contributed by atoms with Gasteiger partial charge in [0.1, 0.15) is 0 Å². The largest absolute Gasteiger partial charge is 0.218 e. The average Bonchev–Trinajstić information content (AvgIpc) is 2.83. The maximum Gasteiger partial charge on any atom is 0.218 e. The van der Waals surface area contributed by atoms with Crippen molar-refractivity contribution in [2.45, 2.75) is 37.5 Å². The van der Waals surface area contributed by atoms with Gasteiger partial charge in [-0.2, -0.15) is 4.31 Å². The van der Waals surface area contributed by atoms with Crippen molar-refractivity contribution >= 4 is 21.6 Å². The SMILES string of the molecule is O=S(=O)(Cc1ccccc1)N1CCCCC[C@H]1c1ccc(Cl)cc1. The van der Waals surface area contributed by atoms with Gasteiger partial charge in [0.05, 0.1) is 5.75 Å². The summed E-state index contributed by atoms with van der Waals surface area (Å²) < 4.78 is 27.8. The number of hydrogen-bond acceptors (Lipinski definition) is 2. The van der Waals surface area contributed by atoms with Crippen molar-refractivity contribution in [3.05, 3.63) is 70.7 Å². The van der Waals surface area contributed by atoms with Gasteiger partial charge in [-0.3, -0.25) is 0 Å². The third-order valence-corrected chi connectivity index (χ3v) is 6.61. The summed E-state index contributed by atoms with van der Waals surface area (Å²) >= 11 is 5.98. The average molecular weight is 364 g/mol. The maximum atomic E-state index is 13.1. The first-order chi connectivity index (χ1) is 11.6. The second-order valence-electron chi connectivity index (χ2n) is 6.27. The molecule has 1 fully saturated rings. The molecule has 0 saturated carbocycles. The van der Waals surface area contributed by atoms with Gasteiger partial charge in [-0.1, -0.05) is 66.9 Å². The molecule has 0 unspecified atom stereocenters. The molecular formula is C19H22ClNO2S. The molecule has 0 radical (unpaired) electrons. The molecule has 128 valence electrons. The van der Waals surface area contributed by atoms with E-state index in [4.69, 9.17) is 11.6 Å². The molecule has 0 bridgehead atoms. The lowest BCUT2D eigenvalue weighted by molar-refractivity contribution is 0.328. The van der Waals surface area contributed by atoms with Crippen LogP contribution in [-0.4, -0.2) is 19.3 Å². The number of halogens is 1. The summed E-state index contributed by atoms with van der Waals surface area (Å²) in [6.45, 7) is 0.586. The second-order valence-corrected chi connectivity index (χ2v) is 8.63. The number of rotatable bonds is 4. The predicted molar refractivity (Wildman–Crippen MR) is 98.4 cm³/mol. The van der Waals surface area contributed by atoms with Crippen LogP contribution in [-0.2, 0) is 15.8 Å².